The van der Waals surface area contributed by atoms with Crippen LogP contribution >= 0.6 is 0 Å². The molecule has 0 aliphatic carbocycles. The van der Waals surface area contributed by atoms with Crippen LogP contribution in [0, 0.1) is 0 Å². The average Bonchev–Trinajstić information content (AvgIpc) is 4.15. The first-order valence-corrected chi connectivity index (χ1v) is 22.8. The molecule has 15 rings (SSSR count). The van der Waals surface area contributed by atoms with Crippen molar-refractivity contribution >= 4 is 98.3 Å². The van der Waals surface area contributed by atoms with E-state index in [0.717, 1.165) is 99.4 Å². The number of rotatable bonds is 5. The van der Waals surface area contributed by atoms with E-state index in [4.69, 9.17) is 23.8 Å². The summed E-state index contributed by atoms with van der Waals surface area (Å²) in [5, 5.41) is 11.0. The van der Waals surface area contributed by atoms with Gasteiger partial charge in [-0.15, -0.1) is 0 Å². The second-order valence-corrected chi connectivity index (χ2v) is 17.6. The number of nitrogens with zero attached hydrogens (tertiary/aromatic N) is 5. The lowest BCUT2D eigenvalue weighted by Crippen LogP contribution is -2.02. The fourth-order valence-electron chi connectivity index (χ4n) is 10.7. The van der Waals surface area contributed by atoms with E-state index in [1.165, 1.54) is 26.9 Å². The van der Waals surface area contributed by atoms with Crippen LogP contribution in [0.5, 0.6) is 0 Å². The minimum absolute atomic E-state index is 0.537. The molecule has 10 aromatic carbocycles. The number of aromatic nitrogens is 5. The van der Waals surface area contributed by atoms with Crippen LogP contribution in [-0.2, 0) is 0 Å². The van der Waals surface area contributed by atoms with Crippen molar-refractivity contribution in [1.29, 1.82) is 0 Å². The molecule has 15 aromatic rings. The summed E-state index contributed by atoms with van der Waals surface area (Å²) >= 11 is 0. The molecule has 5 aromatic heterocycles. The van der Waals surface area contributed by atoms with Crippen molar-refractivity contribution in [3.63, 3.8) is 0 Å². The van der Waals surface area contributed by atoms with Gasteiger partial charge < -0.3 is 18.0 Å². The number of benzene rings is 10. The zero-order valence-corrected chi connectivity index (χ0v) is 36.3. The van der Waals surface area contributed by atoms with Crippen LogP contribution in [0.1, 0.15) is 0 Å². The van der Waals surface area contributed by atoms with Crippen LogP contribution in [0.15, 0.2) is 221 Å². The third kappa shape index (κ3) is 5.44. The van der Waals surface area contributed by atoms with Gasteiger partial charge in [-0.1, -0.05) is 127 Å². The molecule has 0 spiro atoms. The number of furan rings is 2. The minimum atomic E-state index is 0.537. The Bertz CT molecular complexity index is 4570. The van der Waals surface area contributed by atoms with E-state index in [1.54, 1.807) is 0 Å². The number of hydrogen-bond acceptors (Lipinski definition) is 5. The molecular weight excluding hydrogens is 835 g/mol. The third-order valence-electron chi connectivity index (χ3n) is 13.7. The third-order valence-corrected chi connectivity index (χ3v) is 13.7. The van der Waals surface area contributed by atoms with Crippen molar-refractivity contribution in [2.75, 3.05) is 0 Å². The molecule has 0 fully saturated rings. The molecule has 0 atom stereocenters. The summed E-state index contributed by atoms with van der Waals surface area (Å²) in [5.41, 5.74) is 12.2. The van der Waals surface area contributed by atoms with Gasteiger partial charge in [0.05, 0.1) is 27.8 Å². The Kier molecular flexibility index (Phi) is 7.65. The molecule has 0 saturated heterocycles. The topological polar surface area (TPSA) is 74.8 Å². The molecule has 0 amide bonds. The second-order valence-electron chi connectivity index (χ2n) is 17.6. The lowest BCUT2D eigenvalue weighted by molar-refractivity contribution is 0.668. The molecular formula is C61H35N5O2. The summed E-state index contributed by atoms with van der Waals surface area (Å²) in [6.45, 7) is 0. The van der Waals surface area contributed by atoms with Crippen molar-refractivity contribution in [2.45, 2.75) is 0 Å². The highest BCUT2D eigenvalue weighted by molar-refractivity contribution is 6.16. The van der Waals surface area contributed by atoms with Gasteiger partial charge in [0, 0.05) is 71.5 Å². The summed E-state index contributed by atoms with van der Waals surface area (Å²) < 4.78 is 17.8. The number of hydrogen-bond donors (Lipinski definition) is 0. The quantitative estimate of drug-likeness (QED) is 0.172. The Morgan fingerprint density at radius 3 is 1.60 bits per heavy atom. The molecule has 68 heavy (non-hydrogen) atoms. The lowest BCUT2D eigenvalue weighted by atomic mass is 10.0. The van der Waals surface area contributed by atoms with E-state index < -0.39 is 0 Å². The van der Waals surface area contributed by atoms with Gasteiger partial charge in [0.15, 0.2) is 17.5 Å². The summed E-state index contributed by atoms with van der Waals surface area (Å²) in [4.78, 5) is 16.3. The van der Waals surface area contributed by atoms with Crippen molar-refractivity contribution in [3.8, 4) is 45.5 Å². The summed E-state index contributed by atoms with van der Waals surface area (Å²) in [5.74, 6) is 1.65. The molecule has 0 radical (unpaired) electrons. The maximum absolute atomic E-state index is 6.79. The fourth-order valence-corrected chi connectivity index (χ4v) is 10.7. The Morgan fingerprint density at radius 1 is 0.294 bits per heavy atom. The molecule has 316 valence electrons. The van der Waals surface area contributed by atoms with Gasteiger partial charge in [-0.05, 0) is 89.6 Å². The predicted octanol–water partition coefficient (Wildman–Crippen LogP) is 16.0. The summed E-state index contributed by atoms with van der Waals surface area (Å²) in [6, 6.07) is 74.4. The first kappa shape index (κ1) is 36.9. The van der Waals surface area contributed by atoms with Gasteiger partial charge in [-0.25, -0.2) is 15.0 Å². The smallest absolute Gasteiger partial charge is 0.164 e. The minimum Gasteiger partial charge on any atom is -0.456 e. The fraction of sp³-hybridized carbons (Fsp3) is 0. The van der Waals surface area contributed by atoms with Crippen LogP contribution in [0.25, 0.3) is 144 Å². The standard InChI is InChI=1S/C61H35N5O2/c1-2-16-40(17-3-1)65-50-22-10-6-18-42(50)44-28-26-39(33-52(44)65)60-62-59(38-27-29-56-48(31-38)45-20-8-12-24-54(45)67-56)63-61(64-60)49-34-41(35-57-58(49)46-21-9-13-25-55(46)68-57)66-51-23-11-7-19-43(51)47-30-36-14-4-5-15-37(36)32-53(47)66/h1-35H. The first-order chi connectivity index (χ1) is 33.7. The SMILES string of the molecule is c1ccc(-n2c3ccccc3c3ccc(-c4nc(-c5ccc6oc7ccccc7c6c5)nc(-c5cc(-n6c7ccccc7c7cc8ccccc8cc76)cc6oc7ccccc7c56)n4)cc32)cc1. The van der Waals surface area contributed by atoms with Gasteiger partial charge in [-0.3, -0.25) is 0 Å². The zero-order chi connectivity index (χ0) is 44.5. The second kappa shape index (κ2) is 14.1. The average molecular weight is 870 g/mol. The van der Waals surface area contributed by atoms with E-state index in [9.17, 15) is 0 Å². The molecule has 0 aliphatic heterocycles. The van der Waals surface area contributed by atoms with E-state index in [0.29, 0.717) is 17.5 Å². The van der Waals surface area contributed by atoms with Gasteiger partial charge in [0.2, 0.25) is 0 Å². The van der Waals surface area contributed by atoms with E-state index in [2.05, 4.69) is 179 Å². The van der Waals surface area contributed by atoms with E-state index in [1.807, 2.05) is 42.5 Å². The summed E-state index contributed by atoms with van der Waals surface area (Å²) in [7, 11) is 0. The Labute approximate surface area is 387 Å². The number of para-hydroxylation sites is 5. The summed E-state index contributed by atoms with van der Waals surface area (Å²) in [6.07, 6.45) is 0. The van der Waals surface area contributed by atoms with Crippen molar-refractivity contribution < 1.29 is 8.83 Å². The molecule has 7 heteroatoms. The van der Waals surface area contributed by atoms with Gasteiger partial charge >= 0.3 is 0 Å². The van der Waals surface area contributed by atoms with Crippen molar-refractivity contribution in [2.24, 2.45) is 0 Å². The lowest BCUT2D eigenvalue weighted by Gasteiger charge is -2.13. The predicted molar refractivity (Wildman–Crippen MR) is 277 cm³/mol. The van der Waals surface area contributed by atoms with Gasteiger partial charge in [0.25, 0.3) is 0 Å². The largest absolute Gasteiger partial charge is 0.456 e. The van der Waals surface area contributed by atoms with E-state index in [-0.39, 0.29) is 0 Å². The molecule has 7 nitrogen and oxygen atoms in total. The molecule has 0 bridgehead atoms. The maximum atomic E-state index is 6.79. The van der Waals surface area contributed by atoms with Crippen LogP contribution in [0.2, 0.25) is 0 Å². The Hall–Kier alpha value is -9.33. The zero-order valence-electron chi connectivity index (χ0n) is 36.3. The highest BCUT2D eigenvalue weighted by atomic mass is 16.3. The van der Waals surface area contributed by atoms with Crippen LogP contribution < -0.4 is 0 Å². The highest BCUT2D eigenvalue weighted by Gasteiger charge is 2.23. The van der Waals surface area contributed by atoms with Crippen LogP contribution in [0.4, 0.5) is 0 Å². The Morgan fingerprint density at radius 2 is 0.824 bits per heavy atom. The maximum Gasteiger partial charge on any atom is 0.164 e. The van der Waals surface area contributed by atoms with Crippen molar-refractivity contribution in [1.82, 2.24) is 24.1 Å². The van der Waals surface area contributed by atoms with Crippen LogP contribution in [-0.4, -0.2) is 24.1 Å². The Balaban J connectivity index is 1.03. The van der Waals surface area contributed by atoms with Gasteiger partial charge in [0.1, 0.15) is 22.3 Å². The van der Waals surface area contributed by atoms with Crippen molar-refractivity contribution in [3.05, 3.63) is 212 Å². The first-order valence-electron chi connectivity index (χ1n) is 22.8. The molecule has 0 unspecified atom stereocenters. The molecule has 0 aliphatic rings. The van der Waals surface area contributed by atoms with E-state index >= 15 is 0 Å². The van der Waals surface area contributed by atoms with Crippen LogP contribution in [0.3, 0.4) is 0 Å². The normalized spacial score (nSPS) is 12.1. The molecule has 5 heterocycles. The number of fused-ring (bicyclic) bond motifs is 13. The monoisotopic (exact) mass is 869 g/mol. The molecule has 0 saturated carbocycles. The highest BCUT2D eigenvalue weighted by Crippen LogP contribution is 2.43. The molecule has 0 N–H and O–H groups in total. The van der Waals surface area contributed by atoms with Gasteiger partial charge in [-0.2, -0.15) is 0 Å².